The first-order valence-electron chi connectivity index (χ1n) is 5.90. The number of benzene rings is 1. The number of allylic oxidation sites excluding steroid dienone is 1. The van der Waals surface area contributed by atoms with Gasteiger partial charge in [-0.05, 0) is 29.5 Å². The minimum absolute atomic E-state index is 0.0338. The molecule has 1 aromatic carbocycles. The van der Waals surface area contributed by atoms with Gasteiger partial charge in [-0.25, -0.2) is 0 Å². The molecule has 0 spiro atoms. The van der Waals surface area contributed by atoms with Crippen molar-refractivity contribution in [3.8, 4) is 0 Å². The summed E-state index contributed by atoms with van der Waals surface area (Å²) in [6.45, 7) is 2.11. The molecular formula is C15H15NOS. The highest BCUT2D eigenvalue weighted by Crippen LogP contribution is 2.15. The molecule has 1 aromatic heterocycles. The van der Waals surface area contributed by atoms with E-state index >= 15 is 0 Å². The zero-order valence-corrected chi connectivity index (χ0v) is 11.0. The average molecular weight is 257 g/mol. The first-order valence-corrected chi connectivity index (χ1v) is 6.78. The molecule has 0 bridgehead atoms. The SMILES string of the molecule is CCc1ccccc1N/C=C/C(=O)c1cccs1. The lowest BCUT2D eigenvalue weighted by Gasteiger charge is -2.06. The standard InChI is InChI=1S/C15H15NOS/c1-2-12-6-3-4-7-13(12)16-10-9-14(17)15-8-5-11-18-15/h3-11,16H,2H2,1H3/b10-9+. The molecule has 2 nitrogen and oxygen atoms in total. The summed E-state index contributed by atoms with van der Waals surface area (Å²) in [5.41, 5.74) is 2.29. The van der Waals surface area contributed by atoms with E-state index in [9.17, 15) is 4.79 Å². The van der Waals surface area contributed by atoms with Gasteiger partial charge in [-0.3, -0.25) is 4.79 Å². The van der Waals surface area contributed by atoms with E-state index < -0.39 is 0 Å². The largest absolute Gasteiger partial charge is 0.361 e. The zero-order valence-electron chi connectivity index (χ0n) is 10.2. The summed E-state index contributed by atoms with van der Waals surface area (Å²) >= 11 is 1.46. The summed E-state index contributed by atoms with van der Waals surface area (Å²) in [6.07, 6.45) is 4.24. The fourth-order valence-electron chi connectivity index (χ4n) is 1.68. The van der Waals surface area contributed by atoms with Crippen LogP contribution >= 0.6 is 11.3 Å². The van der Waals surface area contributed by atoms with Crippen molar-refractivity contribution in [2.24, 2.45) is 0 Å². The molecule has 92 valence electrons. The van der Waals surface area contributed by atoms with Gasteiger partial charge in [-0.15, -0.1) is 11.3 Å². The first-order chi connectivity index (χ1) is 8.81. The maximum Gasteiger partial charge on any atom is 0.197 e. The quantitative estimate of drug-likeness (QED) is 0.645. The van der Waals surface area contributed by atoms with Crippen molar-refractivity contribution in [1.29, 1.82) is 0 Å². The van der Waals surface area contributed by atoms with Crippen LogP contribution in [-0.2, 0) is 6.42 Å². The topological polar surface area (TPSA) is 29.1 Å². The molecule has 0 saturated carbocycles. The molecule has 1 N–H and O–H groups in total. The third-order valence-corrected chi connectivity index (χ3v) is 3.52. The van der Waals surface area contributed by atoms with Crippen LogP contribution in [0.1, 0.15) is 22.2 Å². The summed E-state index contributed by atoms with van der Waals surface area (Å²) in [5, 5.41) is 5.06. The van der Waals surface area contributed by atoms with E-state index in [1.54, 1.807) is 12.3 Å². The van der Waals surface area contributed by atoms with Crippen LogP contribution in [0.25, 0.3) is 0 Å². The first kappa shape index (κ1) is 12.6. The molecule has 1 heterocycles. The Labute approximate surface area is 111 Å². The number of carbonyl (C=O) groups excluding carboxylic acids is 1. The van der Waals surface area contributed by atoms with Crippen LogP contribution < -0.4 is 5.32 Å². The lowest BCUT2D eigenvalue weighted by molar-refractivity contribution is 0.105. The van der Waals surface area contributed by atoms with Gasteiger partial charge in [-0.2, -0.15) is 0 Å². The fourth-order valence-corrected chi connectivity index (χ4v) is 2.32. The Bertz CT molecular complexity index is 543. The molecule has 0 atom stereocenters. The van der Waals surface area contributed by atoms with Crippen LogP contribution in [0.5, 0.6) is 0 Å². The highest BCUT2D eigenvalue weighted by atomic mass is 32.1. The lowest BCUT2D eigenvalue weighted by atomic mass is 10.1. The number of anilines is 1. The number of ketones is 1. The molecule has 3 heteroatoms. The zero-order chi connectivity index (χ0) is 12.8. The van der Waals surface area contributed by atoms with E-state index in [0.717, 1.165) is 17.0 Å². The third kappa shape index (κ3) is 3.08. The normalized spacial score (nSPS) is 10.7. The van der Waals surface area contributed by atoms with Crippen LogP contribution in [0.2, 0.25) is 0 Å². The van der Waals surface area contributed by atoms with Crippen molar-refractivity contribution in [3.05, 3.63) is 64.5 Å². The van der Waals surface area contributed by atoms with Crippen LogP contribution in [0.3, 0.4) is 0 Å². The Kier molecular flexibility index (Phi) is 4.31. The molecule has 0 saturated heterocycles. The third-order valence-electron chi connectivity index (χ3n) is 2.64. The van der Waals surface area contributed by atoms with E-state index in [2.05, 4.69) is 18.3 Å². The molecule has 0 radical (unpaired) electrons. The van der Waals surface area contributed by atoms with Gasteiger partial charge in [-0.1, -0.05) is 31.2 Å². The van der Waals surface area contributed by atoms with Gasteiger partial charge < -0.3 is 5.32 Å². The smallest absolute Gasteiger partial charge is 0.197 e. The molecule has 0 aliphatic carbocycles. The minimum Gasteiger partial charge on any atom is -0.361 e. The minimum atomic E-state index is 0.0338. The van der Waals surface area contributed by atoms with Crippen molar-refractivity contribution in [1.82, 2.24) is 0 Å². The van der Waals surface area contributed by atoms with Gasteiger partial charge in [0.25, 0.3) is 0 Å². The predicted octanol–water partition coefficient (Wildman–Crippen LogP) is 4.12. The van der Waals surface area contributed by atoms with E-state index in [-0.39, 0.29) is 5.78 Å². The molecule has 0 aliphatic rings. The van der Waals surface area contributed by atoms with Gasteiger partial charge >= 0.3 is 0 Å². The molecule has 2 aromatic rings. The Morgan fingerprint density at radius 2 is 2.11 bits per heavy atom. The average Bonchev–Trinajstić information content (AvgIpc) is 2.93. The molecule has 0 aliphatic heterocycles. The highest BCUT2D eigenvalue weighted by molar-refractivity contribution is 7.12. The van der Waals surface area contributed by atoms with Crippen LogP contribution in [0.4, 0.5) is 5.69 Å². The maximum absolute atomic E-state index is 11.7. The second kappa shape index (κ2) is 6.17. The Balaban J connectivity index is 2.01. The molecule has 0 amide bonds. The summed E-state index contributed by atoms with van der Waals surface area (Å²) in [5.74, 6) is 0.0338. The monoisotopic (exact) mass is 257 g/mol. The summed E-state index contributed by atoms with van der Waals surface area (Å²) < 4.78 is 0. The Hall–Kier alpha value is -1.87. The molecule has 18 heavy (non-hydrogen) atoms. The number of thiophene rings is 1. The van der Waals surface area contributed by atoms with Crippen molar-refractivity contribution in [2.45, 2.75) is 13.3 Å². The van der Waals surface area contributed by atoms with Crippen LogP contribution in [-0.4, -0.2) is 5.78 Å². The summed E-state index contributed by atoms with van der Waals surface area (Å²) in [4.78, 5) is 12.5. The van der Waals surface area contributed by atoms with Crippen molar-refractivity contribution >= 4 is 22.8 Å². The Morgan fingerprint density at radius 3 is 2.83 bits per heavy atom. The second-order valence-electron chi connectivity index (χ2n) is 3.83. The predicted molar refractivity (Wildman–Crippen MR) is 77.2 cm³/mol. The molecule has 0 fully saturated rings. The fraction of sp³-hybridized carbons (Fsp3) is 0.133. The van der Waals surface area contributed by atoms with Gasteiger partial charge in [0.2, 0.25) is 0 Å². The number of aryl methyl sites for hydroxylation is 1. The number of para-hydroxylation sites is 1. The Morgan fingerprint density at radius 1 is 1.28 bits per heavy atom. The summed E-state index contributed by atoms with van der Waals surface area (Å²) in [7, 11) is 0. The molecular weight excluding hydrogens is 242 g/mol. The van der Waals surface area contributed by atoms with Gasteiger partial charge in [0.15, 0.2) is 5.78 Å². The van der Waals surface area contributed by atoms with E-state index in [0.29, 0.717) is 0 Å². The van der Waals surface area contributed by atoms with Crippen LogP contribution in [0.15, 0.2) is 54.1 Å². The van der Waals surface area contributed by atoms with E-state index in [4.69, 9.17) is 0 Å². The highest BCUT2D eigenvalue weighted by Gasteiger charge is 2.01. The van der Waals surface area contributed by atoms with E-state index in [1.807, 2.05) is 35.7 Å². The molecule has 0 unspecified atom stereocenters. The number of rotatable bonds is 5. The van der Waals surface area contributed by atoms with Crippen molar-refractivity contribution in [2.75, 3.05) is 5.32 Å². The number of hydrogen-bond acceptors (Lipinski definition) is 3. The number of hydrogen-bond donors (Lipinski definition) is 1. The second-order valence-corrected chi connectivity index (χ2v) is 4.78. The number of carbonyl (C=O) groups is 1. The molecule has 2 rings (SSSR count). The summed E-state index contributed by atoms with van der Waals surface area (Å²) in [6, 6.07) is 11.8. The van der Waals surface area contributed by atoms with Crippen molar-refractivity contribution in [3.63, 3.8) is 0 Å². The maximum atomic E-state index is 11.7. The number of nitrogens with one attached hydrogen (secondary N) is 1. The lowest BCUT2D eigenvalue weighted by Crippen LogP contribution is -1.96. The van der Waals surface area contributed by atoms with E-state index in [1.165, 1.54) is 16.9 Å². The van der Waals surface area contributed by atoms with Crippen LogP contribution in [0, 0.1) is 0 Å². The van der Waals surface area contributed by atoms with Gasteiger partial charge in [0.05, 0.1) is 4.88 Å². The van der Waals surface area contributed by atoms with Crippen molar-refractivity contribution < 1.29 is 4.79 Å². The van der Waals surface area contributed by atoms with Gasteiger partial charge in [0.1, 0.15) is 0 Å². The van der Waals surface area contributed by atoms with Gasteiger partial charge in [0, 0.05) is 18.0 Å².